The van der Waals surface area contributed by atoms with Crippen molar-refractivity contribution in [2.24, 2.45) is 17.8 Å². The van der Waals surface area contributed by atoms with Crippen molar-refractivity contribution in [1.82, 2.24) is 4.90 Å². The molecule has 0 radical (unpaired) electrons. The highest BCUT2D eigenvalue weighted by Gasteiger charge is 2.69. The van der Waals surface area contributed by atoms with Gasteiger partial charge < -0.3 is 0 Å². The molecule has 2 nitrogen and oxygen atoms in total. The van der Waals surface area contributed by atoms with Gasteiger partial charge in [0.05, 0.1) is 5.54 Å². The summed E-state index contributed by atoms with van der Waals surface area (Å²) in [6.45, 7) is 2.19. The van der Waals surface area contributed by atoms with Crippen LogP contribution in [0.2, 0.25) is 0 Å². The first-order chi connectivity index (χ1) is 14.8. The third kappa shape index (κ3) is 2.49. The monoisotopic (exact) mass is 397 g/mol. The molecule has 0 unspecified atom stereocenters. The zero-order valence-corrected chi connectivity index (χ0v) is 17.7. The van der Waals surface area contributed by atoms with Gasteiger partial charge in [0.1, 0.15) is 0 Å². The molecule has 2 heteroatoms. The number of nitrogens with zero attached hydrogens (tertiary/aromatic N) is 1. The average Bonchev–Trinajstić information content (AvgIpc) is 3.38. The van der Waals surface area contributed by atoms with Crippen LogP contribution in [-0.2, 0) is 4.79 Å². The van der Waals surface area contributed by atoms with Gasteiger partial charge in [0, 0.05) is 11.5 Å². The largest absolute Gasteiger partial charge is 0.292 e. The molecule has 3 aliphatic carbocycles. The minimum Gasteiger partial charge on any atom is -0.292 e. The standard InChI is InChI=1S/C28H31NO/c30-27-25(21-13-7-4-8-14-21)24(20-11-5-3-6-12-20)26-22-15-16-23(19-22)28(26,27)29-17-9-1-2-10-18-29/h3-8,11-14,22-23,26H,1-2,9-10,15-19H2/t22-,23+,26-,28+/m1/s1. The third-order valence-corrected chi connectivity index (χ3v) is 8.49. The molecule has 2 aromatic rings. The van der Waals surface area contributed by atoms with Gasteiger partial charge in [-0.05, 0) is 73.7 Å². The molecule has 2 bridgehead atoms. The van der Waals surface area contributed by atoms with Gasteiger partial charge >= 0.3 is 0 Å². The van der Waals surface area contributed by atoms with Gasteiger partial charge in [0.15, 0.2) is 5.78 Å². The normalized spacial score (nSPS) is 33.7. The highest BCUT2D eigenvalue weighted by Crippen LogP contribution is 2.66. The van der Waals surface area contributed by atoms with E-state index in [2.05, 4.69) is 65.6 Å². The molecule has 30 heavy (non-hydrogen) atoms. The molecule has 1 heterocycles. The summed E-state index contributed by atoms with van der Waals surface area (Å²) in [5.74, 6) is 1.97. The zero-order chi connectivity index (χ0) is 20.1. The highest BCUT2D eigenvalue weighted by molar-refractivity contribution is 6.36. The van der Waals surface area contributed by atoms with Crippen LogP contribution < -0.4 is 0 Å². The van der Waals surface area contributed by atoms with Crippen LogP contribution in [0.3, 0.4) is 0 Å². The number of rotatable bonds is 3. The maximum absolute atomic E-state index is 14.6. The minimum atomic E-state index is -0.288. The van der Waals surface area contributed by atoms with Gasteiger partial charge in [-0.3, -0.25) is 9.69 Å². The molecule has 2 saturated carbocycles. The Morgan fingerprint density at radius 1 is 0.767 bits per heavy atom. The third-order valence-electron chi connectivity index (χ3n) is 8.49. The van der Waals surface area contributed by atoms with Crippen LogP contribution >= 0.6 is 0 Å². The Kier molecular flexibility index (Phi) is 4.46. The Morgan fingerprint density at radius 2 is 1.40 bits per heavy atom. The SMILES string of the molecule is O=C1C(c2ccccc2)=C(c2ccccc2)[C@H]2[C@@H]3CC[C@@H](C3)[C@@]12N1CCCCCC1. The summed E-state index contributed by atoms with van der Waals surface area (Å²) in [5.41, 5.74) is 4.46. The minimum absolute atomic E-state index is 0.288. The predicted octanol–water partition coefficient (Wildman–Crippen LogP) is 5.84. The Balaban J connectivity index is 1.58. The van der Waals surface area contributed by atoms with E-state index in [-0.39, 0.29) is 5.54 Å². The smallest absolute Gasteiger partial charge is 0.184 e. The molecule has 1 saturated heterocycles. The number of likely N-dealkylation sites (tertiary alicyclic amines) is 1. The second-order valence-electron chi connectivity index (χ2n) is 9.82. The maximum Gasteiger partial charge on any atom is 0.184 e. The number of benzene rings is 2. The van der Waals surface area contributed by atoms with Gasteiger partial charge in [0.2, 0.25) is 0 Å². The number of Topliss-reactive ketones (excluding diaryl/α,β-unsaturated/α-hetero) is 1. The van der Waals surface area contributed by atoms with Gasteiger partial charge in [-0.2, -0.15) is 0 Å². The fourth-order valence-electron chi connectivity index (χ4n) is 7.46. The molecule has 0 amide bonds. The van der Waals surface area contributed by atoms with Crippen LogP contribution in [0.1, 0.15) is 56.1 Å². The molecule has 0 N–H and O–H groups in total. The zero-order valence-electron chi connectivity index (χ0n) is 17.7. The Labute approximate surface area is 180 Å². The number of fused-ring (bicyclic) bond motifs is 5. The van der Waals surface area contributed by atoms with E-state index < -0.39 is 0 Å². The van der Waals surface area contributed by atoms with Crippen molar-refractivity contribution in [3.8, 4) is 0 Å². The maximum atomic E-state index is 14.6. The van der Waals surface area contributed by atoms with Crippen molar-refractivity contribution in [3.05, 3.63) is 71.8 Å². The summed E-state index contributed by atoms with van der Waals surface area (Å²) in [4.78, 5) is 17.3. The summed E-state index contributed by atoms with van der Waals surface area (Å²) in [7, 11) is 0. The van der Waals surface area contributed by atoms with Crippen molar-refractivity contribution < 1.29 is 4.79 Å². The summed E-state index contributed by atoms with van der Waals surface area (Å²) in [5, 5.41) is 0. The number of ketones is 1. The van der Waals surface area contributed by atoms with Crippen LogP contribution in [0.15, 0.2) is 60.7 Å². The molecular weight excluding hydrogens is 366 g/mol. The quantitative estimate of drug-likeness (QED) is 0.648. The first-order valence-electron chi connectivity index (χ1n) is 12.0. The lowest BCUT2D eigenvalue weighted by Crippen LogP contribution is -2.60. The van der Waals surface area contributed by atoms with Crippen LogP contribution in [0.5, 0.6) is 0 Å². The van der Waals surface area contributed by atoms with E-state index in [1.165, 1.54) is 56.1 Å². The molecule has 0 aromatic heterocycles. The summed E-state index contributed by atoms with van der Waals surface area (Å²) in [6.07, 6.45) is 8.85. The van der Waals surface area contributed by atoms with Crippen molar-refractivity contribution in [2.45, 2.75) is 50.5 Å². The average molecular weight is 398 g/mol. The molecule has 0 spiro atoms. The van der Waals surface area contributed by atoms with Crippen LogP contribution in [0, 0.1) is 17.8 Å². The van der Waals surface area contributed by atoms with Crippen molar-refractivity contribution >= 4 is 16.9 Å². The van der Waals surface area contributed by atoms with E-state index >= 15 is 0 Å². The Morgan fingerprint density at radius 3 is 2.07 bits per heavy atom. The second kappa shape index (κ2) is 7.20. The molecule has 4 aliphatic rings. The number of hydrogen-bond acceptors (Lipinski definition) is 2. The van der Waals surface area contributed by atoms with Crippen molar-refractivity contribution in [2.75, 3.05) is 13.1 Å². The summed E-state index contributed by atoms with van der Waals surface area (Å²) in [6, 6.07) is 21.3. The Hall–Kier alpha value is -2.19. The molecule has 1 aliphatic heterocycles. The number of carbonyl (C=O) groups excluding carboxylic acids is 1. The number of hydrogen-bond donors (Lipinski definition) is 0. The number of carbonyl (C=O) groups is 1. The fourth-order valence-corrected chi connectivity index (χ4v) is 7.46. The van der Waals surface area contributed by atoms with E-state index in [1.807, 2.05) is 0 Å². The Bertz CT molecular complexity index is 970. The van der Waals surface area contributed by atoms with Gasteiger partial charge in [-0.25, -0.2) is 0 Å². The molecule has 3 fully saturated rings. The molecule has 2 aromatic carbocycles. The topological polar surface area (TPSA) is 20.3 Å². The highest BCUT2D eigenvalue weighted by atomic mass is 16.1. The van der Waals surface area contributed by atoms with Crippen molar-refractivity contribution in [1.29, 1.82) is 0 Å². The fraction of sp³-hybridized carbons (Fsp3) is 0.464. The van der Waals surface area contributed by atoms with E-state index in [9.17, 15) is 4.79 Å². The summed E-state index contributed by atoms with van der Waals surface area (Å²) >= 11 is 0. The van der Waals surface area contributed by atoms with Crippen LogP contribution in [0.25, 0.3) is 11.1 Å². The summed E-state index contributed by atoms with van der Waals surface area (Å²) < 4.78 is 0. The lowest BCUT2D eigenvalue weighted by atomic mass is 9.69. The van der Waals surface area contributed by atoms with Crippen LogP contribution in [0.4, 0.5) is 0 Å². The molecule has 6 rings (SSSR count). The first kappa shape index (κ1) is 18.6. The van der Waals surface area contributed by atoms with Crippen molar-refractivity contribution in [3.63, 3.8) is 0 Å². The van der Waals surface area contributed by atoms with E-state index in [0.29, 0.717) is 23.5 Å². The van der Waals surface area contributed by atoms with E-state index in [0.717, 1.165) is 24.2 Å². The lowest BCUT2D eigenvalue weighted by molar-refractivity contribution is -0.130. The molecule has 154 valence electrons. The van der Waals surface area contributed by atoms with E-state index in [4.69, 9.17) is 0 Å². The lowest BCUT2D eigenvalue weighted by Gasteiger charge is -2.47. The predicted molar refractivity (Wildman–Crippen MR) is 122 cm³/mol. The van der Waals surface area contributed by atoms with Gasteiger partial charge in [-0.1, -0.05) is 73.5 Å². The molecular formula is C28H31NO. The second-order valence-corrected chi connectivity index (χ2v) is 9.82. The first-order valence-corrected chi connectivity index (χ1v) is 12.0. The molecule has 4 atom stereocenters. The van der Waals surface area contributed by atoms with E-state index in [1.54, 1.807) is 0 Å². The van der Waals surface area contributed by atoms with Crippen LogP contribution in [-0.4, -0.2) is 29.3 Å². The van der Waals surface area contributed by atoms with Gasteiger partial charge in [0.25, 0.3) is 0 Å². The van der Waals surface area contributed by atoms with Gasteiger partial charge in [-0.15, -0.1) is 0 Å².